The summed E-state index contributed by atoms with van der Waals surface area (Å²) in [4.78, 5) is 11.4. The van der Waals surface area contributed by atoms with E-state index in [1.54, 1.807) is 6.33 Å². The van der Waals surface area contributed by atoms with E-state index in [2.05, 4.69) is 22.2 Å². The summed E-state index contributed by atoms with van der Waals surface area (Å²) in [5, 5.41) is 4.69. The van der Waals surface area contributed by atoms with Crippen molar-refractivity contribution in [3.05, 3.63) is 16.8 Å². The predicted molar refractivity (Wildman–Crippen MR) is 68.2 cm³/mol. The van der Waals surface area contributed by atoms with Gasteiger partial charge >= 0.3 is 0 Å². The molecule has 0 saturated heterocycles. The second kappa shape index (κ2) is 4.01. The maximum absolute atomic E-state index is 4.38. The van der Waals surface area contributed by atoms with Crippen molar-refractivity contribution < 1.29 is 0 Å². The van der Waals surface area contributed by atoms with E-state index in [9.17, 15) is 0 Å². The fourth-order valence-electron chi connectivity index (χ4n) is 2.31. The van der Waals surface area contributed by atoms with E-state index in [0.717, 1.165) is 23.6 Å². The highest BCUT2D eigenvalue weighted by molar-refractivity contribution is 7.19. The molecule has 0 saturated carbocycles. The third-order valence-electron chi connectivity index (χ3n) is 3.04. The fraction of sp³-hybridized carbons (Fsp3) is 0.500. The number of anilines is 1. The zero-order chi connectivity index (χ0) is 11.0. The van der Waals surface area contributed by atoms with Gasteiger partial charge in [-0.2, -0.15) is 0 Å². The van der Waals surface area contributed by atoms with Crippen LogP contribution < -0.4 is 5.32 Å². The highest BCUT2D eigenvalue weighted by atomic mass is 32.1. The number of hydrogen-bond donors (Lipinski definition) is 1. The summed E-state index contributed by atoms with van der Waals surface area (Å²) in [6.45, 7) is 3.15. The molecule has 16 heavy (non-hydrogen) atoms. The number of fused-ring (bicyclic) bond motifs is 3. The van der Waals surface area contributed by atoms with Crippen LogP contribution in [-0.4, -0.2) is 16.5 Å². The maximum atomic E-state index is 4.38. The molecule has 0 bridgehead atoms. The van der Waals surface area contributed by atoms with Crippen molar-refractivity contribution in [1.82, 2.24) is 9.97 Å². The van der Waals surface area contributed by atoms with Gasteiger partial charge in [0.15, 0.2) is 0 Å². The number of nitrogens with one attached hydrogen (secondary N) is 1. The van der Waals surface area contributed by atoms with Gasteiger partial charge in [0, 0.05) is 11.4 Å². The van der Waals surface area contributed by atoms with Crippen LogP contribution in [0.25, 0.3) is 10.2 Å². The van der Waals surface area contributed by atoms with Crippen LogP contribution in [0.1, 0.15) is 30.2 Å². The number of thiophene rings is 1. The molecule has 1 aliphatic carbocycles. The van der Waals surface area contributed by atoms with Crippen molar-refractivity contribution in [3.8, 4) is 0 Å². The van der Waals surface area contributed by atoms with E-state index < -0.39 is 0 Å². The molecule has 4 heteroatoms. The highest BCUT2D eigenvalue weighted by Crippen LogP contribution is 2.38. The van der Waals surface area contributed by atoms with E-state index in [-0.39, 0.29) is 0 Å². The van der Waals surface area contributed by atoms with Crippen LogP contribution in [0.15, 0.2) is 6.33 Å². The van der Waals surface area contributed by atoms with Gasteiger partial charge in [0.1, 0.15) is 17.0 Å². The Labute approximate surface area is 98.9 Å². The normalized spacial score (nSPS) is 14.3. The molecule has 0 aliphatic heterocycles. The van der Waals surface area contributed by atoms with Crippen LogP contribution in [-0.2, 0) is 12.8 Å². The molecular formula is C12H15N3S. The van der Waals surface area contributed by atoms with Crippen molar-refractivity contribution in [2.45, 2.75) is 32.6 Å². The fourth-order valence-corrected chi connectivity index (χ4v) is 3.53. The summed E-state index contributed by atoms with van der Waals surface area (Å²) in [6.07, 6.45) is 6.51. The minimum atomic E-state index is 0.983. The lowest BCUT2D eigenvalue weighted by molar-refractivity contribution is 0.916. The molecule has 0 atom stereocenters. The summed E-state index contributed by atoms with van der Waals surface area (Å²) in [5.41, 5.74) is 1.50. The number of rotatable bonds is 3. The van der Waals surface area contributed by atoms with Gasteiger partial charge in [-0.3, -0.25) is 0 Å². The largest absolute Gasteiger partial charge is 0.369 e. The zero-order valence-corrected chi connectivity index (χ0v) is 10.2. The number of hydrogen-bond acceptors (Lipinski definition) is 4. The first kappa shape index (κ1) is 10.0. The van der Waals surface area contributed by atoms with Crippen molar-refractivity contribution in [1.29, 1.82) is 0 Å². The molecule has 0 amide bonds. The highest BCUT2D eigenvalue weighted by Gasteiger charge is 2.20. The number of nitrogens with zero attached hydrogens (tertiary/aromatic N) is 2. The Hall–Kier alpha value is -1.16. The van der Waals surface area contributed by atoms with Gasteiger partial charge in [-0.25, -0.2) is 9.97 Å². The Bertz CT molecular complexity index is 518. The molecule has 2 aromatic rings. The van der Waals surface area contributed by atoms with Crippen molar-refractivity contribution in [3.63, 3.8) is 0 Å². The van der Waals surface area contributed by atoms with Crippen molar-refractivity contribution >= 4 is 27.4 Å². The van der Waals surface area contributed by atoms with Crippen LogP contribution >= 0.6 is 11.3 Å². The molecule has 2 aromatic heterocycles. The molecule has 1 aliphatic rings. The summed E-state index contributed by atoms with van der Waals surface area (Å²) in [5.74, 6) is 1.03. The Morgan fingerprint density at radius 1 is 1.38 bits per heavy atom. The lowest BCUT2D eigenvalue weighted by atomic mass is 10.2. The van der Waals surface area contributed by atoms with E-state index in [1.165, 1.54) is 35.1 Å². The average Bonchev–Trinajstić information content (AvgIpc) is 2.85. The minimum Gasteiger partial charge on any atom is -0.369 e. The lowest BCUT2D eigenvalue weighted by Crippen LogP contribution is -2.02. The number of aromatic nitrogens is 2. The van der Waals surface area contributed by atoms with Crippen molar-refractivity contribution in [2.75, 3.05) is 11.9 Å². The van der Waals surface area contributed by atoms with Crippen LogP contribution in [0.3, 0.4) is 0 Å². The first-order valence-corrected chi connectivity index (χ1v) is 6.71. The van der Waals surface area contributed by atoms with Crippen LogP contribution in [0.4, 0.5) is 5.82 Å². The van der Waals surface area contributed by atoms with Gasteiger partial charge in [-0.15, -0.1) is 11.3 Å². The predicted octanol–water partition coefficient (Wildman–Crippen LogP) is 3.00. The van der Waals surface area contributed by atoms with Gasteiger partial charge in [-0.1, -0.05) is 6.92 Å². The van der Waals surface area contributed by atoms with Crippen molar-refractivity contribution in [2.24, 2.45) is 0 Å². The summed E-state index contributed by atoms with van der Waals surface area (Å²) >= 11 is 1.84. The Morgan fingerprint density at radius 2 is 2.31 bits per heavy atom. The molecule has 2 heterocycles. The van der Waals surface area contributed by atoms with E-state index >= 15 is 0 Å². The summed E-state index contributed by atoms with van der Waals surface area (Å²) in [6, 6.07) is 0. The Morgan fingerprint density at radius 3 is 3.19 bits per heavy atom. The Kier molecular flexibility index (Phi) is 2.52. The molecule has 3 rings (SSSR count). The molecule has 0 fully saturated rings. The molecular weight excluding hydrogens is 218 g/mol. The van der Waals surface area contributed by atoms with Crippen LogP contribution in [0.5, 0.6) is 0 Å². The van der Waals surface area contributed by atoms with Gasteiger partial charge in [0.2, 0.25) is 0 Å². The summed E-state index contributed by atoms with van der Waals surface area (Å²) < 4.78 is 0. The zero-order valence-electron chi connectivity index (χ0n) is 9.42. The minimum absolute atomic E-state index is 0.983. The summed E-state index contributed by atoms with van der Waals surface area (Å²) in [7, 11) is 0. The average molecular weight is 233 g/mol. The maximum Gasteiger partial charge on any atom is 0.138 e. The van der Waals surface area contributed by atoms with E-state index in [4.69, 9.17) is 0 Å². The smallest absolute Gasteiger partial charge is 0.138 e. The molecule has 0 spiro atoms. The molecule has 0 radical (unpaired) electrons. The second-order valence-corrected chi connectivity index (χ2v) is 5.27. The van der Waals surface area contributed by atoms with Gasteiger partial charge in [0.05, 0.1) is 5.39 Å². The lowest BCUT2D eigenvalue weighted by Gasteiger charge is -2.05. The van der Waals surface area contributed by atoms with Gasteiger partial charge in [0.25, 0.3) is 0 Å². The Balaban J connectivity index is 2.13. The van der Waals surface area contributed by atoms with E-state index in [0.29, 0.717) is 0 Å². The SMILES string of the molecule is CCCNc1ncnc2sc3c(c12)CCC3. The number of aryl methyl sites for hydroxylation is 2. The van der Waals surface area contributed by atoms with Crippen LogP contribution in [0.2, 0.25) is 0 Å². The third-order valence-corrected chi connectivity index (χ3v) is 4.24. The molecule has 3 nitrogen and oxygen atoms in total. The molecule has 0 aromatic carbocycles. The molecule has 0 unspecified atom stereocenters. The molecule has 1 N–H and O–H groups in total. The molecule has 84 valence electrons. The first-order chi connectivity index (χ1) is 7.90. The monoisotopic (exact) mass is 233 g/mol. The van der Waals surface area contributed by atoms with Gasteiger partial charge < -0.3 is 5.32 Å². The van der Waals surface area contributed by atoms with E-state index in [1.807, 2.05) is 11.3 Å². The third kappa shape index (κ3) is 1.48. The van der Waals surface area contributed by atoms with Gasteiger partial charge in [-0.05, 0) is 31.2 Å². The van der Waals surface area contributed by atoms with Crippen LogP contribution in [0, 0.1) is 0 Å². The second-order valence-electron chi connectivity index (χ2n) is 4.19. The quantitative estimate of drug-likeness (QED) is 0.885. The standard InChI is InChI=1S/C12H15N3S/c1-2-6-13-11-10-8-4-3-5-9(8)16-12(10)15-7-14-11/h7H,2-6H2,1H3,(H,13,14,15). The first-order valence-electron chi connectivity index (χ1n) is 5.89. The topological polar surface area (TPSA) is 37.8 Å².